The van der Waals surface area contributed by atoms with Crippen LogP contribution in [0.2, 0.25) is 15.2 Å². The molecule has 3 rings (SSSR count). The molecule has 2 aromatic carbocycles. The summed E-state index contributed by atoms with van der Waals surface area (Å²) < 4.78 is 54.9. The van der Waals surface area contributed by atoms with Gasteiger partial charge in [0.1, 0.15) is 5.15 Å². The van der Waals surface area contributed by atoms with E-state index >= 15 is 0 Å². The van der Waals surface area contributed by atoms with Crippen molar-refractivity contribution in [2.24, 2.45) is 0 Å². The van der Waals surface area contributed by atoms with E-state index in [1.165, 1.54) is 6.08 Å². The van der Waals surface area contributed by atoms with Gasteiger partial charge in [0, 0.05) is 18.3 Å². The smallest absolute Gasteiger partial charge is 0.348 e. The number of alkyl halides is 3. The lowest BCUT2D eigenvalue weighted by molar-refractivity contribution is -0.139. The molecule has 1 unspecified atom stereocenters. The summed E-state index contributed by atoms with van der Waals surface area (Å²) in [7, 11) is 0. The van der Waals surface area contributed by atoms with E-state index in [9.17, 15) is 22.4 Å². The fraction of sp³-hybridized carbons (Fsp3) is 0.200. The zero-order valence-electron chi connectivity index (χ0n) is 18.3. The van der Waals surface area contributed by atoms with Crippen molar-refractivity contribution in [3.05, 3.63) is 104 Å². The quantitative estimate of drug-likeness (QED) is 0.185. The van der Waals surface area contributed by atoms with Crippen LogP contribution in [0.1, 0.15) is 45.5 Å². The van der Waals surface area contributed by atoms with E-state index in [1.807, 2.05) is 6.92 Å². The second kappa shape index (κ2) is 11.4. The molecule has 0 radical (unpaired) electrons. The van der Waals surface area contributed by atoms with Crippen LogP contribution in [0.25, 0.3) is 6.08 Å². The zero-order chi connectivity index (χ0) is 25.8. The van der Waals surface area contributed by atoms with Crippen LogP contribution < -0.4 is 5.32 Å². The number of carbonyl (C=O) groups excluding carboxylic acids is 1. The molecule has 1 amide bonds. The highest BCUT2D eigenvalue weighted by atomic mass is 35.5. The van der Waals surface area contributed by atoms with E-state index in [-0.39, 0.29) is 18.0 Å². The van der Waals surface area contributed by atoms with Gasteiger partial charge in [0.15, 0.2) is 5.82 Å². The normalized spacial score (nSPS) is 12.7. The number of hydrogen-bond donors (Lipinski definition) is 1. The molecule has 0 saturated heterocycles. The summed E-state index contributed by atoms with van der Waals surface area (Å²) in [6, 6.07) is 9.92. The third-order valence-corrected chi connectivity index (χ3v) is 5.97. The van der Waals surface area contributed by atoms with Crippen molar-refractivity contribution in [2.45, 2.75) is 32.0 Å². The number of nitrogens with zero attached hydrogens (tertiary/aromatic N) is 1. The largest absolute Gasteiger partial charge is 0.399 e. The molecule has 0 saturated carbocycles. The van der Waals surface area contributed by atoms with Crippen molar-refractivity contribution >= 4 is 46.8 Å². The first-order valence-corrected chi connectivity index (χ1v) is 11.5. The van der Waals surface area contributed by atoms with Crippen molar-refractivity contribution in [3.63, 3.8) is 0 Å². The number of halogens is 7. The van der Waals surface area contributed by atoms with Crippen LogP contribution in [-0.4, -0.2) is 17.1 Å². The standard InChI is InChI=1S/C25H19Cl3F4N2O/c1-2-16-9-14(3-6-18(16)24(35)34-13-15-5-8-22(28)33-12-15)4-7-19(25(30,31)32)17-10-20(26)23(29)21(27)11-17/h3-12,19H,2,13H2,1H3,(H,34,35). The Morgan fingerprint density at radius 1 is 1.09 bits per heavy atom. The summed E-state index contributed by atoms with van der Waals surface area (Å²) in [5.74, 6) is -3.36. The molecule has 0 aliphatic rings. The maximum atomic E-state index is 13.7. The molecule has 3 aromatic rings. The van der Waals surface area contributed by atoms with E-state index in [1.54, 1.807) is 36.5 Å². The van der Waals surface area contributed by atoms with E-state index < -0.39 is 28.0 Å². The number of benzene rings is 2. The second-order valence-electron chi connectivity index (χ2n) is 7.62. The zero-order valence-corrected chi connectivity index (χ0v) is 20.5. The highest BCUT2D eigenvalue weighted by Gasteiger charge is 2.39. The van der Waals surface area contributed by atoms with Crippen molar-refractivity contribution in [2.75, 3.05) is 0 Å². The number of nitrogens with one attached hydrogen (secondary N) is 1. The number of hydrogen-bond acceptors (Lipinski definition) is 2. The molecule has 0 bridgehead atoms. The molecule has 35 heavy (non-hydrogen) atoms. The monoisotopic (exact) mass is 544 g/mol. The number of pyridine rings is 1. The predicted molar refractivity (Wildman–Crippen MR) is 130 cm³/mol. The van der Waals surface area contributed by atoms with Gasteiger partial charge in [-0.15, -0.1) is 0 Å². The van der Waals surface area contributed by atoms with E-state index in [0.29, 0.717) is 28.3 Å². The first kappa shape index (κ1) is 27.0. The summed E-state index contributed by atoms with van der Waals surface area (Å²) in [4.78, 5) is 16.6. The number of allylic oxidation sites excluding steroid dienone is 1. The second-order valence-corrected chi connectivity index (χ2v) is 8.82. The van der Waals surface area contributed by atoms with Gasteiger partial charge in [-0.05, 0) is 52.9 Å². The molecule has 10 heteroatoms. The lowest BCUT2D eigenvalue weighted by atomic mass is 9.95. The Hall–Kier alpha value is -2.61. The lowest BCUT2D eigenvalue weighted by Crippen LogP contribution is -2.24. The van der Waals surface area contributed by atoms with Crippen LogP contribution in [-0.2, 0) is 13.0 Å². The van der Waals surface area contributed by atoms with Crippen molar-refractivity contribution in [1.82, 2.24) is 10.3 Å². The fourth-order valence-corrected chi connectivity index (χ4v) is 4.01. The van der Waals surface area contributed by atoms with Crippen LogP contribution in [0.3, 0.4) is 0 Å². The molecule has 0 aliphatic heterocycles. The average Bonchev–Trinajstić information content (AvgIpc) is 2.81. The van der Waals surface area contributed by atoms with Gasteiger partial charge in [-0.2, -0.15) is 13.2 Å². The van der Waals surface area contributed by atoms with Gasteiger partial charge in [0.05, 0.1) is 16.0 Å². The van der Waals surface area contributed by atoms with E-state index in [0.717, 1.165) is 23.8 Å². The summed E-state index contributed by atoms with van der Waals surface area (Å²) in [6.45, 7) is 2.08. The highest BCUT2D eigenvalue weighted by molar-refractivity contribution is 6.35. The van der Waals surface area contributed by atoms with Crippen LogP contribution in [0.4, 0.5) is 17.6 Å². The van der Waals surface area contributed by atoms with Gasteiger partial charge in [0.25, 0.3) is 5.91 Å². The van der Waals surface area contributed by atoms with E-state index in [4.69, 9.17) is 34.8 Å². The first-order valence-electron chi connectivity index (χ1n) is 10.4. The third-order valence-electron chi connectivity index (χ3n) is 5.20. The first-order chi connectivity index (χ1) is 16.5. The minimum Gasteiger partial charge on any atom is -0.348 e. The molecule has 1 aromatic heterocycles. The third kappa shape index (κ3) is 6.97. The molecule has 3 nitrogen and oxygen atoms in total. The Morgan fingerprint density at radius 3 is 2.34 bits per heavy atom. The van der Waals surface area contributed by atoms with Gasteiger partial charge >= 0.3 is 6.18 Å². The summed E-state index contributed by atoms with van der Waals surface area (Å²) in [5.41, 5.74) is 2.02. The molecule has 184 valence electrons. The summed E-state index contributed by atoms with van der Waals surface area (Å²) >= 11 is 17.1. The molecule has 0 fully saturated rings. The van der Waals surface area contributed by atoms with Crippen molar-refractivity contribution in [1.29, 1.82) is 0 Å². The number of carbonyl (C=O) groups is 1. The SMILES string of the molecule is CCc1cc(C=CC(c2cc(Cl)c(F)c(Cl)c2)C(F)(F)F)ccc1C(=O)NCc1ccc(Cl)nc1. The van der Waals surface area contributed by atoms with Gasteiger partial charge in [0.2, 0.25) is 0 Å². The van der Waals surface area contributed by atoms with Crippen molar-refractivity contribution in [3.8, 4) is 0 Å². The molecule has 1 N–H and O–H groups in total. The van der Waals surface area contributed by atoms with Crippen LogP contribution >= 0.6 is 34.8 Å². The Kier molecular flexibility index (Phi) is 8.80. The Morgan fingerprint density at radius 2 is 1.77 bits per heavy atom. The molecule has 1 heterocycles. The van der Waals surface area contributed by atoms with E-state index in [2.05, 4.69) is 10.3 Å². The fourth-order valence-electron chi connectivity index (χ4n) is 3.39. The van der Waals surface area contributed by atoms with Crippen molar-refractivity contribution < 1.29 is 22.4 Å². The van der Waals surface area contributed by atoms with Crippen LogP contribution in [0, 0.1) is 5.82 Å². The molecule has 0 spiro atoms. The highest BCUT2D eigenvalue weighted by Crippen LogP contribution is 2.39. The van der Waals surface area contributed by atoms with Gasteiger partial charge < -0.3 is 5.32 Å². The van der Waals surface area contributed by atoms with Crippen LogP contribution in [0.15, 0.2) is 54.7 Å². The van der Waals surface area contributed by atoms with Gasteiger partial charge in [-0.3, -0.25) is 4.79 Å². The number of aromatic nitrogens is 1. The Balaban J connectivity index is 1.82. The minimum absolute atomic E-state index is 0.240. The number of amides is 1. The van der Waals surface area contributed by atoms with Gasteiger partial charge in [-0.1, -0.05) is 72.1 Å². The molecular weight excluding hydrogens is 527 g/mol. The average molecular weight is 546 g/mol. The molecular formula is C25H19Cl3F4N2O. The number of aryl methyl sites for hydroxylation is 1. The predicted octanol–water partition coefficient (Wildman–Crippen LogP) is 8.03. The summed E-state index contributed by atoms with van der Waals surface area (Å²) in [6.07, 6.45) is -0.384. The lowest BCUT2D eigenvalue weighted by Gasteiger charge is -2.18. The summed E-state index contributed by atoms with van der Waals surface area (Å²) in [5, 5.41) is 2.15. The topological polar surface area (TPSA) is 42.0 Å². The number of rotatable bonds is 7. The minimum atomic E-state index is -4.66. The molecule has 1 atom stereocenters. The van der Waals surface area contributed by atoms with Gasteiger partial charge in [-0.25, -0.2) is 9.37 Å². The molecule has 0 aliphatic carbocycles. The maximum absolute atomic E-state index is 13.7. The Labute approximate surface area is 214 Å². The van der Waals surface area contributed by atoms with Crippen LogP contribution in [0.5, 0.6) is 0 Å². The maximum Gasteiger partial charge on any atom is 0.399 e. The Bertz CT molecular complexity index is 1220.